The molecule has 32 heavy (non-hydrogen) atoms. The Morgan fingerprint density at radius 3 is 2.72 bits per heavy atom. The Bertz CT molecular complexity index is 1130. The standard InChI is InChI=1S/C23H24ClN5O2S/c1-3-29-20(14-25-21(30)12-11-17-8-4-5-10-19(17)24)27-28-23(29)32-15-22(31)26-18-9-6-7-16(2)13-18/h4-13H,3,14-15H2,1-2H3,(H,25,30)(H,26,31)/b12-11+. The van der Waals surface area contributed by atoms with E-state index >= 15 is 0 Å². The number of carbonyl (C=O) groups is 2. The minimum Gasteiger partial charge on any atom is -0.345 e. The van der Waals surface area contributed by atoms with Crippen LogP contribution >= 0.6 is 23.4 Å². The zero-order valence-corrected chi connectivity index (χ0v) is 19.4. The number of anilines is 1. The van der Waals surface area contributed by atoms with Crippen molar-refractivity contribution in [1.82, 2.24) is 20.1 Å². The largest absolute Gasteiger partial charge is 0.345 e. The number of rotatable bonds is 9. The quantitative estimate of drug-likeness (QED) is 0.360. The molecule has 1 aromatic heterocycles. The van der Waals surface area contributed by atoms with E-state index < -0.39 is 0 Å². The van der Waals surface area contributed by atoms with Gasteiger partial charge in [-0.3, -0.25) is 9.59 Å². The molecule has 7 nitrogen and oxygen atoms in total. The SMILES string of the molecule is CCn1c(CNC(=O)/C=C/c2ccccc2Cl)nnc1SCC(=O)Nc1cccc(C)c1. The molecule has 0 aliphatic rings. The summed E-state index contributed by atoms with van der Waals surface area (Å²) in [6, 6.07) is 14.9. The predicted molar refractivity (Wildman–Crippen MR) is 129 cm³/mol. The number of amides is 2. The maximum absolute atomic E-state index is 12.3. The third-order valence-electron chi connectivity index (χ3n) is 4.48. The molecule has 9 heteroatoms. The first-order chi connectivity index (χ1) is 15.5. The average molecular weight is 470 g/mol. The molecular weight excluding hydrogens is 446 g/mol. The lowest BCUT2D eigenvalue weighted by Gasteiger charge is -2.08. The molecule has 2 aromatic carbocycles. The lowest BCUT2D eigenvalue weighted by atomic mass is 10.2. The molecule has 0 saturated carbocycles. The molecule has 3 rings (SSSR count). The van der Waals surface area contributed by atoms with E-state index in [9.17, 15) is 9.59 Å². The predicted octanol–water partition coefficient (Wildman–Crippen LogP) is 4.32. The summed E-state index contributed by atoms with van der Waals surface area (Å²) >= 11 is 7.40. The summed E-state index contributed by atoms with van der Waals surface area (Å²) in [5.41, 5.74) is 2.61. The van der Waals surface area contributed by atoms with Crippen molar-refractivity contribution in [2.45, 2.75) is 32.1 Å². The Hall–Kier alpha value is -3.10. The molecule has 2 amide bonds. The van der Waals surface area contributed by atoms with Crippen molar-refractivity contribution >= 4 is 46.9 Å². The molecule has 0 unspecified atom stereocenters. The van der Waals surface area contributed by atoms with Gasteiger partial charge in [0.2, 0.25) is 11.8 Å². The smallest absolute Gasteiger partial charge is 0.244 e. The summed E-state index contributed by atoms with van der Waals surface area (Å²) in [6.07, 6.45) is 3.09. The van der Waals surface area contributed by atoms with Crippen molar-refractivity contribution in [3.63, 3.8) is 0 Å². The molecular formula is C23H24ClN5O2S. The zero-order valence-electron chi connectivity index (χ0n) is 17.8. The molecule has 0 aliphatic carbocycles. The fourth-order valence-corrected chi connectivity index (χ4v) is 3.94. The Kier molecular flexibility index (Phi) is 8.47. The number of halogens is 1. The number of hydrogen-bond acceptors (Lipinski definition) is 5. The van der Waals surface area contributed by atoms with Crippen molar-refractivity contribution in [1.29, 1.82) is 0 Å². The van der Waals surface area contributed by atoms with Crippen molar-refractivity contribution in [3.05, 3.63) is 76.6 Å². The van der Waals surface area contributed by atoms with E-state index in [-0.39, 0.29) is 24.1 Å². The van der Waals surface area contributed by atoms with Gasteiger partial charge in [-0.25, -0.2) is 0 Å². The van der Waals surface area contributed by atoms with Crippen LogP contribution in [0.4, 0.5) is 5.69 Å². The normalized spacial score (nSPS) is 11.0. The van der Waals surface area contributed by atoms with Crippen LogP contribution in [-0.2, 0) is 22.7 Å². The van der Waals surface area contributed by atoms with Gasteiger partial charge in [0, 0.05) is 23.3 Å². The molecule has 0 saturated heterocycles. The van der Waals surface area contributed by atoms with Crippen molar-refractivity contribution in [2.75, 3.05) is 11.1 Å². The van der Waals surface area contributed by atoms with E-state index in [0.717, 1.165) is 16.8 Å². The fourth-order valence-electron chi connectivity index (χ4n) is 2.93. The molecule has 0 radical (unpaired) electrons. The van der Waals surface area contributed by atoms with Crippen LogP contribution in [0.3, 0.4) is 0 Å². The Morgan fingerprint density at radius 1 is 1.16 bits per heavy atom. The van der Waals surface area contributed by atoms with Gasteiger partial charge in [0.15, 0.2) is 11.0 Å². The van der Waals surface area contributed by atoms with Crippen LogP contribution in [0.1, 0.15) is 23.9 Å². The summed E-state index contributed by atoms with van der Waals surface area (Å²) in [4.78, 5) is 24.4. The second-order valence-corrected chi connectivity index (χ2v) is 8.27. The molecule has 3 aromatic rings. The highest BCUT2D eigenvalue weighted by Gasteiger charge is 2.14. The first kappa shape index (κ1) is 23.6. The fraction of sp³-hybridized carbons (Fsp3) is 0.217. The lowest BCUT2D eigenvalue weighted by molar-refractivity contribution is -0.116. The maximum Gasteiger partial charge on any atom is 0.244 e. The lowest BCUT2D eigenvalue weighted by Crippen LogP contribution is -2.22. The highest BCUT2D eigenvalue weighted by molar-refractivity contribution is 7.99. The molecule has 1 heterocycles. The molecule has 0 atom stereocenters. The van der Waals surface area contributed by atoms with Gasteiger partial charge in [-0.1, -0.05) is 53.7 Å². The van der Waals surface area contributed by atoms with Crippen LogP contribution in [0, 0.1) is 6.92 Å². The average Bonchev–Trinajstić information content (AvgIpc) is 3.17. The molecule has 0 aliphatic heterocycles. The van der Waals surface area contributed by atoms with Crippen LogP contribution in [0.15, 0.2) is 59.8 Å². The van der Waals surface area contributed by atoms with Crippen LogP contribution in [0.5, 0.6) is 0 Å². The molecule has 0 spiro atoms. The summed E-state index contributed by atoms with van der Waals surface area (Å²) in [5.74, 6) is 0.445. The third kappa shape index (κ3) is 6.70. The minimum atomic E-state index is -0.262. The van der Waals surface area contributed by atoms with Crippen LogP contribution in [-0.4, -0.2) is 32.3 Å². The summed E-state index contributed by atoms with van der Waals surface area (Å²) in [6.45, 7) is 4.78. The van der Waals surface area contributed by atoms with Crippen molar-refractivity contribution in [2.24, 2.45) is 0 Å². The first-order valence-corrected chi connectivity index (χ1v) is 11.4. The van der Waals surface area contributed by atoms with Gasteiger partial charge < -0.3 is 15.2 Å². The van der Waals surface area contributed by atoms with E-state index in [1.807, 2.05) is 60.9 Å². The van der Waals surface area contributed by atoms with E-state index in [1.54, 1.807) is 12.1 Å². The minimum absolute atomic E-state index is 0.120. The van der Waals surface area contributed by atoms with Gasteiger partial charge in [0.1, 0.15) is 0 Å². The van der Waals surface area contributed by atoms with Gasteiger partial charge >= 0.3 is 0 Å². The monoisotopic (exact) mass is 469 g/mol. The first-order valence-electron chi connectivity index (χ1n) is 10.1. The molecule has 2 N–H and O–H groups in total. The van der Waals surface area contributed by atoms with Crippen molar-refractivity contribution in [3.8, 4) is 0 Å². The number of nitrogens with zero attached hydrogens (tertiary/aromatic N) is 3. The van der Waals surface area contributed by atoms with Gasteiger partial charge in [0.05, 0.1) is 12.3 Å². The van der Waals surface area contributed by atoms with Gasteiger partial charge in [-0.15, -0.1) is 10.2 Å². The Labute approximate surface area is 196 Å². The number of benzene rings is 2. The van der Waals surface area contributed by atoms with E-state index in [1.165, 1.54) is 17.8 Å². The number of thioether (sulfide) groups is 1. The summed E-state index contributed by atoms with van der Waals surface area (Å²) in [5, 5.41) is 15.2. The van der Waals surface area contributed by atoms with E-state index in [2.05, 4.69) is 20.8 Å². The number of hydrogen-bond donors (Lipinski definition) is 2. The van der Waals surface area contributed by atoms with Crippen LogP contribution in [0.2, 0.25) is 5.02 Å². The number of aromatic nitrogens is 3. The summed E-state index contributed by atoms with van der Waals surface area (Å²) in [7, 11) is 0. The third-order valence-corrected chi connectivity index (χ3v) is 5.80. The van der Waals surface area contributed by atoms with Crippen LogP contribution < -0.4 is 10.6 Å². The topological polar surface area (TPSA) is 88.9 Å². The van der Waals surface area contributed by atoms with Gasteiger partial charge in [-0.05, 0) is 49.2 Å². The summed E-state index contributed by atoms with van der Waals surface area (Å²) < 4.78 is 1.88. The Balaban J connectivity index is 1.53. The number of nitrogens with one attached hydrogen (secondary N) is 2. The molecule has 0 fully saturated rings. The molecule has 166 valence electrons. The maximum atomic E-state index is 12.3. The second-order valence-electron chi connectivity index (χ2n) is 6.92. The second kappa shape index (κ2) is 11.5. The van der Waals surface area contributed by atoms with E-state index in [0.29, 0.717) is 22.5 Å². The van der Waals surface area contributed by atoms with Gasteiger partial charge in [-0.2, -0.15) is 0 Å². The van der Waals surface area contributed by atoms with Crippen LogP contribution in [0.25, 0.3) is 6.08 Å². The number of aryl methyl sites for hydroxylation is 1. The van der Waals surface area contributed by atoms with Gasteiger partial charge in [0.25, 0.3) is 0 Å². The highest BCUT2D eigenvalue weighted by atomic mass is 35.5. The zero-order chi connectivity index (χ0) is 22.9. The Morgan fingerprint density at radius 2 is 1.97 bits per heavy atom. The number of carbonyl (C=O) groups excluding carboxylic acids is 2. The van der Waals surface area contributed by atoms with E-state index in [4.69, 9.17) is 11.6 Å². The highest BCUT2D eigenvalue weighted by Crippen LogP contribution is 2.18. The van der Waals surface area contributed by atoms with Crippen molar-refractivity contribution < 1.29 is 9.59 Å². The molecule has 0 bridgehead atoms.